The third-order valence-corrected chi connectivity index (χ3v) is 1.64. The van der Waals surface area contributed by atoms with Crippen molar-refractivity contribution >= 4 is 0 Å². The highest BCUT2D eigenvalue weighted by Crippen LogP contribution is 2.17. The molecule has 0 aromatic carbocycles. The van der Waals surface area contributed by atoms with Crippen molar-refractivity contribution in [3.63, 3.8) is 0 Å². The summed E-state index contributed by atoms with van der Waals surface area (Å²) in [6.45, 7) is 4.33. The lowest BCUT2D eigenvalue weighted by Crippen LogP contribution is -1.85. The van der Waals surface area contributed by atoms with Gasteiger partial charge in [-0.15, -0.1) is 0 Å². The highest BCUT2D eigenvalue weighted by Gasteiger charge is 2.02. The van der Waals surface area contributed by atoms with E-state index in [0.29, 0.717) is 5.92 Å². The van der Waals surface area contributed by atoms with Crippen LogP contribution >= 0.6 is 0 Å². The molecule has 0 N–H and O–H groups in total. The Balaban J connectivity index is 2.65. The van der Waals surface area contributed by atoms with E-state index in [4.69, 9.17) is 4.42 Å². The van der Waals surface area contributed by atoms with E-state index in [1.165, 1.54) is 0 Å². The molecule has 9 heavy (non-hydrogen) atoms. The van der Waals surface area contributed by atoms with E-state index in [1.807, 2.05) is 12.1 Å². The van der Waals surface area contributed by atoms with Crippen molar-refractivity contribution in [1.29, 1.82) is 0 Å². The molecule has 0 bridgehead atoms. The molecule has 1 rings (SSSR count). The van der Waals surface area contributed by atoms with Crippen LogP contribution in [-0.2, 0) is 0 Å². The van der Waals surface area contributed by atoms with Gasteiger partial charge in [0, 0.05) is 5.92 Å². The molecule has 0 fully saturated rings. The number of rotatable bonds is 2. The van der Waals surface area contributed by atoms with Gasteiger partial charge in [0.1, 0.15) is 5.76 Å². The summed E-state index contributed by atoms with van der Waals surface area (Å²) >= 11 is 0. The molecule has 0 saturated heterocycles. The van der Waals surface area contributed by atoms with Gasteiger partial charge in [0.05, 0.1) is 6.26 Å². The quantitative estimate of drug-likeness (QED) is 0.590. The number of hydrogen-bond acceptors (Lipinski definition) is 1. The van der Waals surface area contributed by atoms with E-state index in [2.05, 4.69) is 13.8 Å². The van der Waals surface area contributed by atoms with Crippen LogP contribution in [0.3, 0.4) is 0 Å². The summed E-state index contributed by atoms with van der Waals surface area (Å²) in [7, 11) is 0. The minimum absolute atomic E-state index is 0.569. The van der Waals surface area contributed by atoms with Crippen LogP contribution in [-0.4, -0.2) is 0 Å². The summed E-state index contributed by atoms with van der Waals surface area (Å²) in [4.78, 5) is 0. The summed E-state index contributed by atoms with van der Waals surface area (Å²) in [5.41, 5.74) is 0. The smallest absolute Gasteiger partial charge is 0.106 e. The van der Waals surface area contributed by atoms with Crippen molar-refractivity contribution in [2.24, 2.45) is 0 Å². The Morgan fingerprint density at radius 3 is 2.89 bits per heavy atom. The zero-order chi connectivity index (χ0) is 6.69. The lowest BCUT2D eigenvalue weighted by Gasteiger charge is -2.01. The third-order valence-electron chi connectivity index (χ3n) is 1.64. The lowest BCUT2D eigenvalue weighted by atomic mass is 10.1. The van der Waals surface area contributed by atoms with Gasteiger partial charge in [-0.25, -0.2) is 0 Å². The van der Waals surface area contributed by atoms with Crippen LogP contribution in [0.4, 0.5) is 0 Å². The number of hydrogen-bond donors (Lipinski definition) is 0. The topological polar surface area (TPSA) is 13.1 Å². The van der Waals surface area contributed by atoms with E-state index in [-0.39, 0.29) is 0 Å². The molecule has 0 aliphatic carbocycles. The van der Waals surface area contributed by atoms with E-state index < -0.39 is 0 Å². The fourth-order valence-electron chi connectivity index (χ4n) is 0.773. The molecule has 1 heteroatoms. The lowest BCUT2D eigenvalue weighted by molar-refractivity contribution is 0.469. The molecule has 1 aromatic rings. The van der Waals surface area contributed by atoms with Crippen molar-refractivity contribution in [1.82, 2.24) is 0 Å². The molecular weight excluding hydrogens is 112 g/mol. The predicted octanol–water partition coefficient (Wildman–Crippen LogP) is 2.79. The molecule has 1 atom stereocenters. The Labute approximate surface area is 55.7 Å². The highest BCUT2D eigenvalue weighted by molar-refractivity contribution is 5.03. The van der Waals surface area contributed by atoms with E-state index >= 15 is 0 Å². The first kappa shape index (κ1) is 6.40. The second-order valence-electron chi connectivity index (χ2n) is 2.32. The van der Waals surface area contributed by atoms with Crippen LogP contribution in [0.15, 0.2) is 22.8 Å². The largest absolute Gasteiger partial charge is 0.469 e. The molecule has 0 aliphatic heterocycles. The Kier molecular flexibility index (Phi) is 1.93. The summed E-state index contributed by atoms with van der Waals surface area (Å²) in [6.07, 6.45) is 2.87. The molecular formula is C8H12O. The Bertz CT molecular complexity index is 153. The monoisotopic (exact) mass is 124 g/mol. The molecule has 0 aliphatic rings. The molecule has 1 nitrogen and oxygen atoms in total. The zero-order valence-corrected chi connectivity index (χ0v) is 5.92. The van der Waals surface area contributed by atoms with Crippen molar-refractivity contribution in [2.45, 2.75) is 26.2 Å². The molecule has 1 aromatic heterocycles. The molecule has 1 heterocycles. The van der Waals surface area contributed by atoms with Crippen molar-refractivity contribution in [3.05, 3.63) is 24.2 Å². The Morgan fingerprint density at radius 1 is 1.67 bits per heavy atom. The van der Waals surface area contributed by atoms with Crippen LogP contribution in [0.25, 0.3) is 0 Å². The van der Waals surface area contributed by atoms with Crippen LogP contribution in [0.5, 0.6) is 0 Å². The van der Waals surface area contributed by atoms with Crippen molar-refractivity contribution in [3.8, 4) is 0 Å². The fourth-order valence-corrected chi connectivity index (χ4v) is 0.773. The number of furan rings is 1. The fraction of sp³-hybridized carbons (Fsp3) is 0.500. The maximum atomic E-state index is 5.19. The average molecular weight is 124 g/mol. The molecule has 0 amide bonds. The second kappa shape index (κ2) is 2.72. The molecule has 0 saturated carbocycles. The molecule has 0 radical (unpaired) electrons. The Morgan fingerprint density at radius 2 is 2.44 bits per heavy atom. The first-order valence-corrected chi connectivity index (χ1v) is 3.38. The van der Waals surface area contributed by atoms with Gasteiger partial charge in [-0.1, -0.05) is 13.8 Å². The van der Waals surface area contributed by atoms with Crippen LogP contribution in [0.2, 0.25) is 0 Å². The zero-order valence-electron chi connectivity index (χ0n) is 5.92. The third kappa shape index (κ3) is 1.35. The average Bonchev–Trinajstić information content (AvgIpc) is 2.37. The van der Waals surface area contributed by atoms with Gasteiger partial charge < -0.3 is 4.42 Å². The molecule has 0 spiro atoms. The van der Waals surface area contributed by atoms with E-state index in [0.717, 1.165) is 12.2 Å². The summed E-state index contributed by atoms with van der Waals surface area (Å²) in [5, 5.41) is 0. The summed E-state index contributed by atoms with van der Waals surface area (Å²) < 4.78 is 5.19. The predicted molar refractivity (Wildman–Crippen MR) is 37.4 cm³/mol. The van der Waals surface area contributed by atoms with Gasteiger partial charge in [-0.2, -0.15) is 0 Å². The second-order valence-corrected chi connectivity index (χ2v) is 2.32. The van der Waals surface area contributed by atoms with Gasteiger partial charge in [-0.05, 0) is 18.6 Å². The maximum Gasteiger partial charge on any atom is 0.106 e. The van der Waals surface area contributed by atoms with Crippen LogP contribution in [0.1, 0.15) is 31.9 Å². The normalized spacial score (nSPS) is 13.6. The van der Waals surface area contributed by atoms with E-state index in [9.17, 15) is 0 Å². The maximum absolute atomic E-state index is 5.19. The van der Waals surface area contributed by atoms with Gasteiger partial charge in [0.2, 0.25) is 0 Å². The summed E-state index contributed by atoms with van der Waals surface area (Å²) in [5.74, 6) is 1.66. The summed E-state index contributed by atoms with van der Waals surface area (Å²) in [6, 6.07) is 3.95. The molecule has 1 unspecified atom stereocenters. The Hall–Kier alpha value is -0.720. The highest BCUT2D eigenvalue weighted by atomic mass is 16.3. The SMILES string of the molecule is CCC(C)c1ccco1. The van der Waals surface area contributed by atoms with Gasteiger partial charge in [0.15, 0.2) is 0 Å². The van der Waals surface area contributed by atoms with Crippen molar-refractivity contribution in [2.75, 3.05) is 0 Å². The minimum Gasteiger partial charge on any atom is -0.469 e. The van der Waals surface area contributed by atoms with Gasteiger partial charge >= 0.3 is 0 Å². The first-order valence-electron chi connectivity index (χ1n) is 3.38. The standard InChI is InChI=1S/C8H12O/c1-3-7(2)8-5-4-6-9-8/h4-7H,3H2,1-2H3. The van der Waals surface area contributed by atoms with Gasteiger partial charge in [0.25, 0.3) is 0 Å². The van der Waals surface area contributed by atoms with Crippen molar-refractivity contribution < 1.29 is 4.42 Å². The minimum atomic E-state index is 0.569. The molecule has 50 valence electrons. The van der Waals surface area contributed by atoms with Gasteiger partial charge in [-0.3, -0.25) is 0 Å². The van der Waals surface area contributed by atoms with Crippen LogP contribution < -0.4 is 0 Å². The van der Waals surface area contributed by atoms with Crippen LogP contribution in [0, 0.1) is 0 Å². The first-order chi connectivity index (χ1) is 4.34. The van der Waals surface area contributed by atoms with E-state index in [1.54, 1.807) is 6.26 Å².